The first kappa shape index (κ1) is 17.2. The van der Waals surface area contributed by atoms with E-state index in [-0.39, 0.29) is 11.7 Å². The summed E-state index contributed by atoms with van der Waals surface area (Å²) in [4.78, 5) is 26.1. The van der Waals surface area contributed by atoms with E-state index in [1.807, 2.05) is 0 Å². The Balaban J connectivity index is 1.62. The highest BCUT2D eigenvalue weighted by molar-refractivity contribution is 6.30. The summed E-state index contributed by atoms with van der Waals surface area (Å²) in [5.74, 6) is -0.523. The van der Waals surface area contributed by atoms with Gasteiger partial charge in [0.2, 0.25) is 5.91 Å². The lowest BCUT2D eigenvalue weighted by molar-refractivity contribution is -0.118. The predicted octanol–water partition coefficient (Wildman–Crippen LogP) is 3.71. The van der Waals surface area contributed by atoms with E-state index in [2.05, 4.69) is 10.6 Å². The van der Waals surface area contributed by atoms with Crippen LogP contribution in [0.5, 0.6) is 0 Å². The molecule has 7 heteroatoms. The van der Waals surface area contributed by atoms with Gasteiger partial charge in [-0.1, -0.05) is 11.6 Å². The molecular weight excluding hydrogens is 345 g/mol. The third-order valence-corrected chi connectivity index (χ3v) is 4.32. The van der Waals surface area contributed by atoms with E-state index in [9.17, 15) is 14.0 Å². The molecule has 1 heterocycles. The second-order valence-electron chi connectivity index (χ2n) is 5.87. The van der Waals surface area contributed by atoms with E-state index in [0.717, 1.165) is 0 Å². The Morgan fingerprint density at radius 1 is 1.24 bits per heavy atom. The smallest absolute Gasteiger partial charge is 0.319 e. The maximum absolute atomic E-state index is 13.4. The molecule has 1 atom stereocenters. The van der Waals surface area contributed by atoms with Crippen LogP contribution in [-0.4, -0.2) is 24.5 Å². The lowest BCUT2D eigenvalue weighted by atomic mass is 10.2. The second kappa shape index (κ2) is 7.11. The summed E-state index contributed by atoms with van der Waals surface area (Å²) in [6.07, 6.45) is 0.489. The van der Waals surface area contributed by atoms with Crippen molar-refractivity contribution in [1.29, 1.82) is 0 Å². The number of benzene rings is 2. The number of anilines is 2. The van der Waals surface area contributed by atoms with Gasteiger partial charge < -0.3 is 15.5 Å². The molecule has 0 spiro atoms. The minimum atomic E-state index is -0.613. The molecule has 0 saturated carbocycles. The number of carbonyl (C=O) groups is 2. The van der Waals surface area contributed by atoms with Crippen molar-refractivity contribution in [2.24, 2.45) is 0 Å². The molecule has 1 fully saturated rings. The molecule has 25 heavy (non-hydrogen) atoms. The van der Waals surface area contributed by atoms with Crippen molar-refractivity contribution in [3.8, 4) is 0 Å². The molecule has 2 aromatic rings. The molecule has 2 aromatic carbocycles. The second-order valence-corrected chi connectivity index (χ2v) is 6.31. The fourth-order valence-corrected chi connectivity index (χ4v) is 2.85. The quantitative estimate of drug-likeness (QED) is 0.875. The third kappa shape index (κ3) is 3.91. The average molecular weight is 362 g/mol. The van der Waals surface area contributed by atoms with Crippen LogP contribution in [-0.2, 0) is 4.79 Å². The van der Waals surface area contributed by atoms with Gasteiger partial charge in [-0.2, -0.15) is 0 Å². The highest BCUT2D eigenvalue weighted by atomic mass is 35.5. The van der Waals surface area contributed by atoms with Crippen LogP contribution < -0.4 is 15.5 Å². The first-order chi connectivity index (χ1) is 11.9. The fraction of sp³-hybridized carbons (Fsp3) is 0.222. The van der Waals surface area contributed by atoms with Gasteiger partial charge in [0.15, 0.2) is 0 Å². The summed E-state index contributed by atoms with van der Waals surface area (Å²) in [5, 5.41) is 5.90. The molecule has 1 aliphatic heterocycles. The summed E-state index contributed by atoms with van der Waals surface area (Å²) in [7, 11) is 0. The van der Waals surface area contributed by atoms with Crippen molar-refractivity contribution in [3.63, 3.8) is 0 Å². The van der Waals surface area contributed by atoms with Crippen LogP contribution in [0.2, 0.25) is 5.02 Å². The molecule has 5 nitrogen and oxygen atoms in total. The first-order valence-electron chi connectivity index (χ1n) is 7.84. The molecule has 0 aromatic heterocycles. The number of nitrogens with one attached hydrogen (secondary N) is 2. The van der Waals surface area contributed by atoms with Crippen molar-refractivity contribution in [2.45, 2.75) is 19.4 Å². The number of halogens is 2. The SMILES string of the molecule is Cc1cc(N2CCC(NC(=O)Nc3ccc(Cl)cc3)C2=O)ccc1F. The van der Waals surface area contributed by atoms with E-state index in [4.69, 9.17) is 11.6 Å². The number of carbonyl (C=O) groups excluding carboxylic acids is 2. The zero-order chi connectivity index (χ0) is 18.0. The van der Waals surface area contributed by atoms with Gasteiger partial charge in [-0.3, -0.25) is 4.79 Å². The highest BCUT2D eigenvalue weighted by Gasteiger charge is 2.33. The van der Waals surface area contributed by atoms with Crippen molar-refractivity contribution >= 4 is 34.9 Å². The highest BCUT2D eigenvalue weighted by Crippen LogP contribution is 2.24. The van der Waals surface area contributed by atoms with E-state index in [1.54, 1.807) is 48.2 Å². The van der Waals surface area contributed by atoms with Gasteiger partial charge in [-0.05, 0) is 61.4 Å². The molecule has 0 radical (unpaired) electrons. The van der Waals surface area contributed by atoms with Crippen LogP contribution in [0.4, 0.5) is 20.6 Å². The number of hydrogen-bond donors (Lipinski definition) is 2. The molecule has 1 saturated heterocycles. The zero-order valence-corrected chi connectivity index (χ0v) is 14.3. The van der Waals surface area contributed by atoms with Crippen LogP contribution in [0.25, 0.3) is 0 Å². The Hall–Kier alpha value is -2.60. The van der Waals surface area contributed by atoms with Crippen molar-refractivity contribution in [3.05, 3.63) is 58.9 Å². The number of rotatable bonds is 3. The van der Waals surface area contributed by atoms with Gasteiger partial charge in [-0.15, -0.1) is 0 Å². The van der Waals surface area contributed by atoms with E-state index in [0.29, 0.717) is 34.9 Å². The molecule has 0 bridgehead atoms. The monoisotopic (exact) mass is 361 g/mol. The predicted molar refractivity (Wildman–Crippen MR) is 95.5 cm³/mol. The van der Waals surface area contributed by atoms with Gasteiger partial charge in [0.05, 0.1) is 0 Å². The average Bonchev–Trinajstić information content (AvgIpc) is 2.93. The van der Waals surface area contributed by atoms with E-state index >= 15 is 0 Å². The van der Waals surface area contributed by atoms with Gasteiger partial charge in [0, 0.05) is 22.9 Å². The largest absolute Gasteiger partial charge is 0.326 e. The number of amides is 3. The topological polar surface area (TPSA) is 61.4 Å². The van der Waals surface area contributed by atoms with Crippen LogP contribution in [0.15, 0.2) is 42.5 Å². The molecule has 2 N–H and O–H groups in total. The molecule has 3 amide bonds. The molecule has 0 aliphatic carbocycles. The number of nitrogens with zero attached hydrogens (tertiary/aromatic N) is 1. The third-order valence-electron chi connectivity index (χ3n) is 4.07. The van der Waals surface area contributed by atoms with Crippen molar-refractivity contribution in [2.75, 3.05) is 16.8 Å². The molecular formula is C18H17ClFN3O2. The Labute approximate surface area is 149 Å². The first-order valence-corrected chi connectivity index (χ1v) is 8.22. The van der Waals surface area contributed by atoms with Gasteiger partial charge >= 0.3 is 6.03 Å². The standard InChI is InChI=1S/C18H17ClFN3O2/c1-11-10-14(6-7-15(11)20)23-9-8-16(17(23)24)22-18(25)21-13-4-2-12(19)3-5-13/h2-7,10,16H,8-9H2,1H3,(H2,21,22,25). The Bertz CT molecular complexity index is 810. The molecule has 130 valence electrons. The summed E-state index contributed by atoms with van der Waals surface area (Å²) in [6.45, 7) is 2.12. The summed E-state index contributed by atoms with van der Waals surface area (Å²) < 4.78 is 13.4. The van der Waals surface area contributed by atoms with Crippen molar-refractivity contribution < 1.29 is 14.0 Å². The summed E-state index contributed by atoms with van der Waals surface area (Å²) in [5.41, 5.74) is 1.69. The van der Waals surface area contributed by atoms with Gasteiger partial charge in [-0.25, -0.2) is 9.18 Å². The van der Waals surface area contributed by atoms with Gasteiger partial charge in [0.1, 0.15) is 11.9 Å². The molecule has 1 unspecified atom stereocenters. The lowest BCUT2D eigenvalue weighted by Crippen LogP contribution is -2.43. The Morgan fingerprint density at radius 3 is 2.64 bits per heavy atom. The van der Waals surface area contributed by atoms with Crippen LogP contribution >= 0.6 is 11.6 Å². The van der Waals surface area contributed by atoms with Gasteiger partial charge in [0.25, 0.3) is 0 Å². The summed E-state index contributed by atoms with van der Waals surface area (Å²) in [6, 6.07) is 10.1. The Kier molecular flexibility index (Phi) is 4.90. The maximum atomic E-state index is 13.4. The van der Waals surface area contributed by atoms with E-state index in [1.165, 1.54) is 6.07 Å². The normalized spacial score (nSPS) is 16.8. The van der Waals surface area contributed by atoms with Crippen LogP contribution in [0, 0.1) is 12.7 Å². The number of aryl methyl sites for hydroxylation is 1. The molecule has 1 aliphatic rings. The van der Waals surface area contributed by atoms with Crippen LogP contribution in [0.1, 0.15) is 12.0 Å². The van der Waals surface area contributed by atoms with Crippen LogP contribution in [0.3, 0.4) is 0 Å². The minimum absolute atomic E-state index is 0.211. The fourth-order valence-electron chi connectivity index (χ4n) is 2.73. The molecule has 3 rings (SSSR count). The summed E-state index contributed by atoms with van der Waals surface area (Å²) >= 11 is 5.80. The van der Waals surface area contributed by atoms with Crippen molar-refractivity contribution in [1.82, 2.24) is 5.32 Å². The Morgan fingerprint density at radius 2 is 1.96 bits per heavy atom. The number of hydrogen-bond acceptors (Lipinski definition) is 2. The zero-order valence-electron chi connectivity index (χ0n) is 13.6. The van der Waals surface area contributed by atoms with E-state index < -0.39 is 12.1 Å². The minimum Gasteiger partial charge on any atom is -0.326 e. The maximum Gasteiger partial charge on any atom is 0.319 e. The number of urea groups is 1. The lowest BCUT2D eigenvalue weighted by Gasteiger charge is -2.18.